The maximum atomic E-state index is 13.2. The van der Waals surface area contributed by atoms with Gasteiger partial charge in [0.25, 0.3) is 6.01 Å². The molecule has 3 aromatic rings. The lowest BCUT2D eigenvalue weighted by atomic mass is 10.0. The number of nitrogen functional groups attached to an aromatic ring is 1. The highest BCUT2D eigenvalue weighted by molar-refractivity contribution is 7.99. The molecule has 0 aliphatic carbocycles. The van der Waals surface area contributed by atoms with E-state index in [0.717, 1.165) is 63.4 Å². The molecule has 3 atom stereocenters. The Labute approximate surface area is 453 Å². The van der Waals surface area contributed by atoms with Gasteiger partial charge in [-0.2, -0.15) is 26.7 Å². The molecular formula is C57H97N9O8S. The Bertz CT molecular complexity index is 2020. The van der Waals surface area contributed by atoms with Gasteiger partial charge in [0.2, 0.25) is 17.8 Å². The van der Waals surface area contributed by atoms with E-state index in [1.807, 2.05) is 0 Å². The van der Waals surface area contributed by atoms with Crippen molar-refractivity contribution in [2.75, 3.05) is 47.6 Å². The summed E-state index contributed by atoms with van der Waals surface area (Å²) in [5, 5.41) is 29.1. The number of esters is 2. The van der Waals surface area contributed by atoms with E-state index < -0.39 is 36.6 Å². The number of ether oxygens (including phenoxy) is 2. The quantitative estimate of drug-likeness (QED) is 0.0205. The van der Waals surface area contributed by atoms with Crippen molar-refractivity contribution in [1.82, 2.24) is 24.8 Å². The second kappa shape index (κ2) is 40.6. The van der Waals surface area contributed by atoms with Crippen molar-refractivity contribution in [3.05, 3.63) is 29.8 Å². The van der Waals surface area contributed by atoms with Gasteiger partial charge in [-0.15, -0.1) is 0 Å². The molecule has 0 spiro atoms. The van der Waals surface area contributed by atoms with Gasteiger partial charge in [0.15, 0.2) is 17.0 Å². The van der Waals surface area contributed by atoms with Crippen LogP contribution in [0.2, 0.25) is 0 Å². The maximum absolute atomic E-state index is 13.2. The number of aromatic nitrogens is 4. The predicted molar refractivity (Wildman–Crippen MR) is 305 cm³/mol. The molecule has 1 aromatic carbocycles. The number of unbranched alkanes of at least 4 members (excludes halogenated alkanes) is 25. The van der Waals surface area contributed by atoms with Crippen LogP contribution in [-0.4, -0.2) is 103 Å². The molecule has 424 valence electrons. The standard InChI is InChI=1S/C57H97N9O8S/c1-4-7-10-12-14-16-18-20-22-24-26-28-30-32-49(68)73-41-46(74-50(69)33-31-29-27-25-23-21-19-17-15-13-11-8-5-2)42-75-43-47(58)54(70)62-48(40-67)55(71)61-45-36-34-44(35-37-45)39-66-53-51(63-57(66)72)52(59)64-56(65-53)60-38-9-6-3/h34-37,46-48,67H,4-33,38-43,58H2,1-3H3,(H,61,71)(H,62,70)(H,63,72)(H3,59,60,64,65)/t46?,47-,48-/m0/s1. The van der Waals surface area contributed by atoms with E-state index in [2.05, 4.69) is 51.7 Å². The Morgan fingerprint density at radius 2 is 1.16 bits per heavy atom. The topological polar surface area (TPSA) is 259 Å². The van der Waals surface area contributed by atoms with Crippen molar-refractivity contribution >= 4 is 64.1 Å². The number of amides is 2. The van der Waals surface area contributed by atoms with Gasteiger partial charge >= 0.3 is 11.9 Å². The lowest BCUT2D eigenvalue weighted by Crippen LogP contribution is -2.52. The molecule has 75 heavy (non-hydrogen) atoms. The van der Waals surface area contributed by atoms with Crippen molar-refractivity contribution < 1.29 is 38.9 Å². The van der Waals surface area contributed by atoms with Crippen molar-refractivity contribution in [1.29, 1.82) is 0 Å². The lowest BCUT2D eigenvalue weighted by molar-refractivity contribution is -0.157. The maximum Gasteiger partial charge on any atom is 0.306 e. The van der Waals surface area contributed by atoms with Crippen molar-refractivity contribution in [2.24, 2.45) is 5.73 Å². The molecule has 0 fully saturated rings. The smallest absolute Gasteiger partial charge is 0.306 e. The van der Waals surface area contributed by atoms with Crippen molar-refractivity contribution in [3.8, 4) is 6.01 Å². The summed E-state index contributed by atoms with van der Waals surface area (Å²) in [6.07, 6.45) is 33.2. The number of carbonyl (C=O) groups excluding carboxylic acids is 4. The molecule has 17 nitrogen and oxygen atoms in total. The number of hydrogen-bond donors (Lipinski definition) is 7. The number of thioether (sulfide) groups is 1. The number of aliphatic hydroxyl groups is 1. The zero-order valence-electron chi connectivity index (χ0n) is 46.2. The van der Waals surface area contributed by atoms with E-state index in [-0.39, 0.29) is 60.4 Å². The molecule has 2 heterocycles. The van der Waals surface area contributed by atoms with Crippen molar-refractivity contribution in [2.45, 2.75) is 238 Å². The number of nitrogens with one attached hydrogen (secondary N) is 3. The number of fused-ring (bicyclic) bond motifs is 1. The van der Waals surface area contributed by atoms with E-state index in [0.29, 0.717) is 30.2 Å². The molecule has 1 unspecified atom stereocenters. The molecule has 0 aliphatic heterocycles. The fourth-order valence-corrected chi connectivity index (χ4v) is 9.75. The molecule has 18 heteroatoms. The molecule has 2 amide bonds. The molecular weight excluding hydrogens is 971 g/mol. The Morgan fingerprint density at radius 3 is 1.68 bits per heavy atom. The van der Waals surface area contributed by atoms with Crippen LogP contribution in [0, 0.1) is 0 Å². The van der Waals surface area contributed by atoms with Crippen LogP contribution in [0.1, 0.15) is 219 Å². The number of aliphatic hydroxyl groups excluding tert-OH is 1. The van der Waals surface area contributed by atoms with E-state index in [1.54, 1.807) is 24.3 Å². The molecule has 0 saturated carbocycles. The molecule has 9 N–H and O–H groups in total. The first-order chi connectivity index (χ1) is 36.5. The van der Waals surface area contributed by atoms with Gasteiger partial charge in [0, 0.05) is 36.6 Å². The van der Waals surface area contributed by atoms with Crippen LogP contribution in [0.5, 0.6) is 6.01 Å². The molecule has 0 saturated heterocycles. The summed E-state index contributed by atoms with van der Waals surface area (Å²) < 4.78 is 13.0. The zero-order chi connectivity index (χ0) is 54.3. The number of carbonyl (C=O) groups is 4. The monoisotopic (exact) mass is 1070 g/mol. The number of anilines is 3. The first-order valence-electron chi connectivity index (χ1n) is 28.9. The third-order valence-corrected chi connectivity index (χ3v) is 14.6. The van der Waals surface area contributed by atoms with Crippen molar-refractivity contribution in [3.63, 3.8) is 0 Å². The van der Waals surface area contributed by atoms with Crippen LogP contribution in [-0.2, 0) is 35.2 Å². The summed E-state index contributed by atoms with van der Waals surface area (Å²) in [5.41, 5.74) is 14.2. The summed E-state index contributed by atoms with van der Waals surface area (Å²) in [4.78, 5) is 65.1. The average molecular weight is 1070 g/mol. The van der Waals surface area contributed by atoms with Crippen LogP contribution in [0.3, 0.4) is 0 Å². The van der Waals surface area contributed by atoms with Gasteiger partial charge < -0.3 is 47.1 Å². The Hall–Kier alpha value is -4.68. The average Bonchev–Trinajstić information content (AvgIpc) is 3.71. The fraction of sp³-hybridized carbons (Fsp3) is 0.737. The molecule has 2 aromatic heterocycles. The second-order valence-corrected chi connectivity index (χ2v) is 21.3. The number of imidazole rings is 1. The van der Waals surface area contributed by atoms with Gasteiger partial charge in [0.1, 0.15) is 18.8 Å². The van der Waals surface area contributed by atoms with Gasteiger partial charge in [-0.3, -0.25) is 23.7 Å². The van der Waals surface area contributed by atoms with Crippen LogP contribution in [0.15, 0.2) is 24.3 Å². The zero-order valence-corrected chi connectivity index (χ0v) is 47.0. The Morgan fingerprint density at radius 1 is 0.653 bits per heavy atom. The SMILES string of the molecule is CCCCCCCCCCCCCCCC(=O)OCC(CSC[C@H](N)C(=O)N[C@@H](CO)C(=O)Nc1ccc(Cn2c(O)nc3c(N)nc(NCCCC)nc32)cc1)OC(=O)CCCCCCCCCCCCCCC. The van der Waals surface area contributed by atoms with Gasteiger partial charge in [0.05, 0.1) is 19.2 Å². The van der Waals surface area contributed by atoms with E-state index in [1.165, 1.54) is 138 Å². The van der Waals surface area contributed by atoms with E-state index in [4.69, 9.17) is 20.9 Å². The number of aromatic hydroxyl groups is 1. The largest absolute Gasteiger partial charge is 0.480 e. The number of benzene rings is 1. The van der Waals surface area contributed by atoms with Crippen LogP contribution >= 0.6 is 11.8 Å². The second-order valence-electron chi connectivity index (χ2n) is 20.2. The van der Waals surface area contributed by atoms with Crippen LogP contribution in [0.4, 0.5) is 17.5 Å². The minimum absolute atomic E-state index is 0.0888. The third-order valence-electron chi connectivity index (χ3n) is 13.4. The highest BCUT2D eigenvalue weighted by atomic mass is 32.2. The number of rotatable bonds is 46. The minimum Gasteiger partial charge on any atom is -0.480 e. The molecule has 0 radical (unpaired) electrons. The Kier molecular flexibility index (Phi) is 34.9. The number of nitrogens with two attached hydrogens (primary N) is 2. The normalized spacial score (nSPS) is 12.6. The first kappa shape index (κ1) is 64.6. The summed E-state index contributed by atoms with van der Waals surface area (Å²) in [7, 11) is 0. The first-order valence-corrected chi connectivity index (χ1v) is 30.1. The summed E-state index contributed by atoms with van der Waals surface area (Å²) in [5.74, 6) is -1.13. The summed E-state index contributed by atoms with van der Waals surface area (Å²) >= 11 is 1.28. The third kappa shape index (κ3) is 28.3. The van der Waals surface area contributed by atoms with Gasteiger partial charge in [-0.1, -0.05) is 193 Å². The van der Waals surface area contributed by atoms with E-state index >= 15 is 0 Å². The molecule has 0 bridgehead atoms. The van der Waals surface area contributed by atoms with Gasteiger partial charge in [-0.05, 0) is 37.0 Å². The molecule has 0 aliphatic rings. The van der Waals surface area contributed by atoms with Crippen LogP contribution < -0.4 is 27.4 Å². The van der Waals surface area contributed by atoms with Crippen LogP contribution in [0.25, 0.3) is 11.2 Å². The molecule has 3 rings (SSSR count). The predicted octanol–water partition coefficient (Wildman–Crippen LogP) is 11.3. The minimum atomic E-state index is -1.29. The summed E-state index contributed by atoms with van der Waals surface area (Å²) in [6.45, 7) is 6.67. The summed E-state index contributed by atoms with van der Waals surface area (Å²) in [6, 6.07) is 4.18. The lowest BCUT2D eigenvalue weighted by Gasteiger charge is -2.20. The van der Waals surface area contributed by atoms with Gasteiger partial charge in [-0.25, -0.2) is 0 Å². The fourth-order valence-electron chi connectivity index (χ4n) is 8.79. The number of nitrogens with zero attached hydrogens (tertiary/aromatic N) is 4. The highest BCUT2D eigenvalue weighted by Gasteiger charge is 2.25. The number of hydrogen-bond acceptors (Lipinski definition) is 15. The van der Waals surface area contributed by atoms with E-state index in [9.17, 15) is 29.4 Å². The Balaban J connectivity index is 1.44. The highest BCUT2D eigenvalue weighted by Crippen LogP contribution is 2.26.